The van der Waals surface area contributed by atoms with Crippen LogP contribution in [0, 0.1) is 0 Å². The largest absolute Gasteiger partial charge is 0.497 e. The van der Waals surface area contributed by atoms with Gasteiger partial charge < -0.3 is 15.0 Å². The van der Waals surface area contributed by atoms with E-state index in [1.54, 1.807) is 7.11 Å². The van der Waals surface area contributed by atoms with Crippen molar-refractivity contribution in [2.75, 3.05) is 40.3 Å². The number of benzene rings is 1. The van der Waals surface area contributed by atoms with Gasteiger partial charge in [0.2, 0.25) is 11.8 Å². The number of amides is 2. The van der Waals surface area contributed by atoms with E-state index in [1.165, 1.54) is 5.01 Å². The maximum absolute atomic E-state index is 12.2. The molecule has 0 saturated heterocycles. The van der Waals surface area contributed by atoms with Crippen molar-refractivity contribution < 1.29 is 14.3 Å². The van der Waals surface area contributed by atoms with Gasteiger partial charge >= 0.3 is 0 Å². The first kappa shape index (κ1) is 20.8. The van der Waals surface area contributed by atoms with Crippen molar-refractivity contribution in [3.05, 3.63) is 35.9 Å². The Morgan fingerprint density at radius 2 is 2.04 bits per heavy atom. The number of unbranched alkanes of at least 4 members (excludes halogenated alkanes) is 1. The topological polar surface area (TPSA) is 73.9 Å². The number of hydrogen-bond acceptors (Lipinski definition) is 5. The van der Waals surface area contributed by atoms with Crippen molar-refractivity contribution in [2.24, 2.45) is 0 Å². The van der Waals surface area contributed by atoms with Gasteiger partial charge in [0.25, 0.3) is 0 Å². The van der Waals surface area contributed by atoms with E-state index < -0.39 is 0 Å². The Bertz CT molecular complexity index is 658. The zero-order chi connectivity index (χ0) is 19.6. The highest BCUT2D eigenvalue weighted by molar-refractivity contribution is 5.88. The van der Waals surface area contributed by atoms with Crippen LogP contribution in [-0.4, -0.2) is 62.1 Å². The lowest BCUT2D eigenvalue weighted by Gasteiger charge is -2.29. The molecule has 2 N–H and O–H groups in total. The van der Waals surface area contributed by atoms with Gasteiger partial charge in [0.15, 0.2) is 0 Å². The third kappa shape index (κ3) is 6.60. The minimum Gasteiger partial charge on any atom is -0.497 e. The fourth-order valence-corrected chi connectivity index (χ4v) is 2.76. The number of likely N-dealkylation sites (N-methyl/N-ethyl adjacent to an activating group) is 1. The molecule has 0 aromatic heterocycles. The number of nitrogens with zero attached hydrogens (tertiary/aromatic N) is 2. The molecule has 0 fully saturated rings. The Morgan fingerprint density at radius 1 is 1.30 bits per heavy atom. The lowest BCUT2D eigenvalue weighted by atomic mass is 10.1. The molecule has 148 valence electrons. The second-order valence-electron chi connectivity index (χ2n) is 6.65. The van der Waals surface area contributed by atoms with E-state index in [9.17, 15) is 9.59 Å². The third-order valence-corrected chi connectivity index (χ3v) is 4.45. The Hall–Kier alpha value is -2.54. The summed E-state index contributed by atoms with van der Waals surface area (Å²) in [5.41, 5.74) is 4.79. The molecule has 0 atom stereocenters. The van der Waals surface area contributed by atoms with E-state index >= 15 is 0 Å². The summed E-state index contributed by atoms with van der Waals surface area (Å²) in [6.07, 6.45) is 4.41. The monoisotopic (exact) mass is 374 g/mol. The first-order valence-corrected chi connectivity index (χ1v) is 9.40. The quantitative estimate of drug-likeness (QED) is 0.651. The van der Waals surface area contributed by atoms with Gasteiger partial charge in [-0.25, -0.2) is 5.01 Å². The normalized spacial score (nSPS) is 14.0. The van der Waals surface area contributed by atoms with Crippen molar-refractivity contribution in [3.8, 4) is 5.75 Å². The minimum absolute atomic E-state index is 0.00893. The first-order chi connectivity index (χ1) is 13.0. The predicted molar refractivity (Wildman–Crippen MR) is 106 cm³/mol. The van der Waals surface area contributed by atoms with E-state index in [-0.39, 0.29) is 24.8 Å². The molecule has 0 unspecified atom stereocenters. The molecule has 0 radical (unpaired) electrons. The van der Waals surface area contributed by atoms with Crippen LogP contribution in [0.5, 0.6) is 5.75 Å². The number of methoxy groups -OCH3 is 1. The Morgan fingerprint density at radius 3 is 2.70 bits per heavy atom. The number of hydrazine groups is 1. The first-order valence-electron chi connectivity index (χ1n) is 9.40. The predicted octanol–water partition coefficient (Wildman–Crippen LogP) is 1.62. The van der Waals surface area contributed by atoms with Crippen LogP contribution in [0.1, 0.15) is 31.7 Å². The summed E-state index contributed by atoms with van der Waals surface area (Å²) in [5, 5.41) is 4.25. The zero-order valence-electron chi connectivity index (χ0n) is 16.5. The molecule has 0 aliphatic carbocycles. The summed E-state index contributed by atoms with van der Waals surface area (Å²) < 4.78 is 5.16. The number of rotatable bonds is 10. The van der Waals surface area contributed by atoms with Gasteiger partial charge in [0.1, 0.15) is 12.3 Å². The average molecular weight is 374 g/mol. The second-order valence-corrected chi connectivity index (χ2v) is 6.65. The molecular weight excluding hydrogens is 344 g/mol. The molecule has 0 spiro atoms. The van der Waals surface area contributed by atoms with E-state index in [4.69, 9.17) is 4.74 Å². The number of ether oxygens (including phenoxy) is 1. The fraction of sp³-hybridized carbons (Fsp3) is 0.500. The van der Waals surface area contributed by atoms with Crippen LogP contribution in [0.25, 0.3) is 5.70 Å². The van der Waals surface area contributed by atoms with Gasteiger partial charge in [-0.2, -0.15) is 0 Å². The maximum atomic E-state index is 12.2. The Kier molecular flexibility index (Phi) is 8.13. The van der Waals surface area contributed by atoms with Gasteiger partial charge in [0.05, 0.1) is 12.8 Å². The molecule has 2 rings (SSSR count). The number of nitrogens with one attached hydrogen (secondary N) is 2. The van der Waals surface area contributed by atoms with Crippen molar-refractivity contribution in [2.45, 2.75) is 26.2 Å². The molecule has 1 aromatic carbocycles. The van der Waals surface area contributed by atoms with Crippen molar-refractivity contribution >= 4 is 17.5 Å². The van der Waals surface area contributed by atoms with Crippen LogP contribution < -0.4 is 15.5 Å². The number of carbonyl (C=O) groups is 2. The summed E-state index contributed by atoms with van der Waals surface area (Å²) in [6.45, 7) is 4.54. The van der Waals surface area contributed by atoms with Crippen molar-refractivity contribution in [3.63, 3.8) is 0 Å². The highest BCUT2D eigenvalue weighted by Crippen LogP contribution is 2.20. The SMILES string of the molecule is CCCCN(C)CCNC(=O)CN1NC(c2ccc(OC)cc2)=CCC1=O. The van der Waals surface area contributed by atoms with Crippen LogP contribution >= 0.6 is 0 Å². The molecule has 7 nitrogen and oxygen atoms in total. The molecule has 7 heteroatoms. The molecule has 1 aliphatic rings. The molecule has 1 aliphatic heterocycles. The summed E-state index contributed by atoms with van der Waals surface area (Å²) in [5.74, 6) is 0.476. The summed E-state index contributed by atoms with van der Waals surface area (Å²) >= 11 is 0. The van der Waals surface area contributed by atoms with Gasteiger partial charge in [-0.05, 0) is 55.9 Å². The maximum Gasteiger partial charge on any atom is 0.245 e. The molecular formula is C20H30N4O3. The van der Waals surface area contributed by atoms with Crippen LogP contribution in [0.15, 0.2) is 30.3 Å². The molecule has 2 amide bonds. The number of carbonyl (C=O) groups excluding carboxylic acids is 2. The van der Waals surface area contributed by atoms with E-state index in [0.29, 0.717) is 6.54 Å². The standard InChI is InChI=1S/C20H30N4O3/c1-4-5-13-23(2)14-12-21-19(25)15-24-20(26)11-10-18(22-24)16-6-8-17(27-3)9-7-16/h6-10,22H,4-5,11-15H2,1-3H3,(H,21,25). The van der Waals surface area contributed by atoms with Gasteiger partial charge in [-0.15, -0.1) is 0 Å². The lowest BCUT2D eigenvalue weighted by Crippen LogP contribution is -2.49. The lowest BCUT2D eigenvalue weighted by molar-refractivity contribution is -0.137. The molecule has 1 aromatic rings. The highest BCUT2D eigenvalue weighted by atomic mass is 16.5. The minimum atomic E-state index is -0.171. The summed E-state index contributed by atoms with van der Waals surface area (Å²) in [6, 6.07) is 7.55. The summed E-state index contributed by atoms with van der Waals surface area (Å²) in [4.78, 5) is 26.5. The third-order valence-electron chi connectivity index (χ3n) is 4.45. The number of hydrogen-bond donors (Lipinski definition) is 2. The molecule has 1 heterocycles. The molecule has 0 saturated carbocycles. The van der Waals surface area contributed by atoms with Gasteiger partial charge in [-0.3, -0.25) is 15.0 Å². The van der Waals surface area contributed by atoms with E-state index in [0.717, 1.165) is 42.9 Å². The highest BCUT2D eigenvalue weighted by Gasteiger charge is 2.22. The summed E-state index contributed by atoms with van der Waals surface area (Å²) in [7, 11) is 3.66. The van der Waals surface area contributed by atoms with E-state index in [1.807, 2.05) is 37.4 Å². The van der Waals surface area contributed by atoms with Crippen LogP contribution in [0.4, 0.5) is 0 Å². The van der Waals surface area contributed by atoms with E-state index in [2.05, 4.69) is 22.6 Å². The Labute approximate surface area is 161 Å². The molecule has 0 bridgehead atoms. The Balaban J connectivity index is 1.82. The fourth-order valence-electron chi connectivity index (χ4n) is 2.76. The van der Waals surface area contributed by atoms with Gasteiger partial charge in [-0.1, -0.05) is 13.3 Å². The van der Waals surface area contributed by atoms with Gasteiger partial charge in [0, 0.05) is 19.5 Å². The smallest absolute Gasteiger partial charge is 0.245 e. The molecule has 27 heavy (non-hydrogen) atoms. The van der Waals surface area contributed by atoms with Crippen LogP contribution in [-0.2, 0) is 9.59 Å². The average Bonchev–Trinajstić information content (AvgIpc) is 2.68. The van der Waals surface area contributed by atoms with Crippen LogP contribution in [0.3, 0.4) is 0 Å². The van der Waals surface area contributed by atoms with Crippen molar-refractivity contribution in [1.82, 2.24) is 20.7 Å². The van der Waals surface area contributed by atoms with Crippen LogP contribution in [0.2, 0.25) is 0 Å². The van der Waals surface area contributed by atoms with Crippen molar-refractivity contribution in [1.29, 1.82) is 0 Å². The zero-order valence-corrected chi connectivity index (χ0v) is 16.5. The second kappa shape index (κ2) is 10.6.